The van der Waals surface area contributed by atoms with Crippen LogP contribution in [0.1, 0.15) is 112 Å². The van der Waals surface area contributed by atoms with Crippen LogP contribution in [0.5, 0.6) is 0 Å². The highest BCUT2D eigenvalue weighted by Gasteiger charge is 2.20. The lowest BCUT2D eigenvalue weighted by Crippen LogP contribution is -2.16. The summed E-state index contributed by atoms with van der Waals surface area (Å²) < 4.78 is 0. The predicted octanol–water partition coefficient (Wildman–Crippen LogP) is 13.7. The molecule has 0 radical (unpaired) electrons. The molecule has 2 atom stereocenters. The van der Waals surface area contributed by atoms with Gasteiger partial charge in [-0.3, -0.25) is 0 Å². The van der Waals surface area contributed by atoms with Gasteiger partial charge in [-0.15, -0.1) is 0 Å². The molecule has 46 heavy (non-hydrogen) atoms. The molecule has 0 saturated heterocycles. The second-order valence-electron chi connectivity index (χ2n) is 12.8. The van der Waals surface area contributed by atoms with Gasteiger partial charge in [-0.1, -0.05) is 132 Å². The zero-order chi connectivity index (χ0) is 34.4. The highest BCUT2D eigenvalue weighted by molar-refractivity contribution is 5.90. The van der Waals surface area contributed by atoms with Gasteiger partial charge in [0, 0.05) is 24.0 Å². The molecule has 0 heterocycles. The standard InChI is InChI=1S/C45H61N/c1-14-19-25-38(39-26-22-27-40(31-39)41(18-5)34(9)23-15-2)30-35(10)46(13)44-29-21-20-28-43(44)37(12)45(36(11)33(8)17-4)42(24-16-3)32(6)7/h14-16,19-32,34,41H,12,17-18H2,1-11,13H3/b19-14-,23-15-,24-16-,35-30+,36-33+,38-25+,45-42+. The molecule has 0 aliphatic carbocycles. The molecule has 0 aliphatic rings. The fraction of sp³-hybridized carbons (Fsp3) is 0.378. The van der Waals surface area contributed by atoms with E-state index in [1.165, 1.54) is 39.0 Å². The van der Waals surface area contributed by atoms with E-state index < -0.39 is 0 Å². The Bertz CT molecular complexity index is 1530. The van der Waals surface area contributed by atoms with Gasteiger partial charge in [-0.25, -0.2) is 0 Å². The molecule has 0 aromatic heterocycles. The Balaban J connectivity index is 2.71. The number of benzene rings is 2. The first-order valence-corrected chi connectivity index (χ1v) is 17.3. The molecule has 1 nitrogen and oxygen atoms in total. The Morgan fingerprint density at radius 2 is 1.59 bits per heavy atom. The van der Waals surface area contributed by atoms with E-state index >= 15 is 0 Å². The fourth-order valence-corrected chi connectivity index (χ4v) is 6.23. The summed E-state index contributed by atoms with van der Waals surface area (Å²) >= 11 is 0. The van der Waals surface area contributed by atoms with Gasteiger partial charge in [0.25, 0.3) is 0 Å². The van der Waals surface area contributed by atoms with Crippen molar-refractivity contribution < 1.29 is 0 Å². The molecule has 0 saturated carbocycles. The molecular weight excluding hydrogens is 555 g/mol. The van der Waals surface area contributed by atoms with E-state index in [9.17, 15) is 0 Å². The normalized spacial score (nSPS) is 15.5. The maximum absolute atomic E-state index is 4.76. The first-order valence-electron chi connectivity index (χ1n) is 17.3. The summed E-state index contributed by atoms with van der Waals surface area (Å²) in [6, 6.07) is 17.8. The van der Waals surface area contributed by atoms with Gasteiger partial charge >= 0.3 is 0 Å². The largest absolute Gasteiger partial charge is 0.348 e. The Hall–Kier alpha value is -3.84. The number of hydrogen-bond acceptors (Lipinski definition) is 1. The highest BCUT2D eigenvalue weighted by atomic mass is 15.1. The monoisotopic (exact) mass is 615 g/mol. The number of hydrogen-bond donors (Lipinski definition) is 0. The summed E-state index contributed by atoms with van der Waals surface area (Å²) in [6.45, 7) is 29.2. The minimum atomic E-state index is 0.373. The summed E-state index contributed by atoms with van der Waals surface area (Å²) in [5, 5.41) is 0. The van der Waals surface area contributed by atoms with Crippen LogP contribution in [0.15, 0.2) is 132 Å². The van der Waals surface area contributed by atoms with Crippen molar-refractivity contribution in [2.45, 2.75) is 94.9 Å². The molecule has 2 aromatic carbocycles. The van der Waals surface area contributed by atoms with Crippen molar-refractivity contribution in [1.82, 2.24) is 0 Å². The zero-order valence-corrected chi connectivity index (χ0v) is 31.0. The predicted molar refractivity (Wildman–Crippen MR) is 209 cm³/mol. The van der Waals surface area contributed by atoms with E-state index in [0.29, 0.717) is 17.8 Å². The second-order valence-corrected chi connectivity index (χ2v) is 12.8. The number of allylic oxidation sites excluding steroid dienone is 15. The Kier molecular flexibility index (Phi) is 15.8. The van der Waals surface area contributed by atoms with Gasteiger partial charge in [0.1, 0.15) is 0 Å². The molecule has 0 spiro atoms. The molecule has 0 N–H and O–H groups in total. The Morgan fingerprint density at radius 1 is 0.891 bits per heavy atom. The van der Waals surface area contributed by atoms with Crippen LogP contribution in [0, 0.1) is 11.8 Å². The average molecular weight is 616 g/mol. The first kappa shape index (κ1) is 38.3. The van der Waals surface area contributed by atoms with Crippen LogP contribution in [0.3, 0.4) is 0 Å². The van der Waals surface area contributed by atoms with E-state index in [4.69, 9.17) is 6.58 Å². The minimum Gasteiger partial charge on any atom is -0.348 e. The fourth-order valence-electron chi connectivity index (χ4n) is 6.23. The average Bonchev–Trinajstić information content (AvgIpc) is 3.05. The number of rotatable bonds is 15. The SMILES string of the molecule is C=C(C(/C(C)=C(\C)CC)=C(\C=C/C)C(C)C)c1ccccc1N(C)/C(C)=C/C(=C\C=C/C)c1cccc(C(CC)C(C)/C=C\C)c1. The maximum Gasteiger partial charge on any atom is 0.0485 e. The molecule has 0 aliphatic heterocycles. The van der Waals surface area contributed by atoms with Crippen molar-refractivity contribution in [2.75, 3.05) is 11.9 Å². The van der Waals surface area contributed by atoms with E-state index in [2.05, 4.69) is 185 Å². The first-order chi connectivity index (χ1) is 22.0. The van der Waals surface area contributed by atoms with Crippen LogP contribution in [-0.4, -0.2) is 7.05 Å². The van der Waals surface area contributed by atoms with E-state index in [1.54, 1.807) is 0 Å². The van der Waals surface area contributed by atoms with Gasteiger partial charge in [0.2, 0.25) is 0 Å². The van der Waals surface area contributed by atoms with E-state index in [-0.39, 0.29) is 0 Å². The van der Waals surface area contributed by atoms with Gasteiger partial charge in [0.05, 0.1) is 0 Å². The van der Waals surface area contributed by atoms with Gasteiger partial charge < -0.3 is 4.90 Å². The van der Waals surface area contributed by atoms with Gasteiger partial charge in [-0.2, -0.15) is 0 Å². The lowest BCUT2D eigenvalue weighted by molar-refractivity contribution is 0.530. The quantitative estimate of drug-likeness (QED) is 0.142. The zero-order valence-electron chi connectivity index (χ0n) is 31.0. The van der Waals surface area contributed by atoms with Crippen molar-refractivity contribution in [1.29, 1.82) is 0 Å². The second kappa shape index (κ2) is 19.0. The lowest BCUT2D eigenvalue weighted by atomic mass is 9.83. The Labute approximate surface area is 283 Å². The maximum atomic E-state index is 4.76. The van der Waals surface area contributed by atoms with Crippen LogP contribution in [0.4, 0.5) is 5.69 Å². The molecule has 246 valence electrons. The van der Waals surface area contributed by atoms with Gasteiger partial charge in [0.15, 0.2) is 0 Å². The highest BCUT2D eigenvalue weighted by Crippen LogP contribution is 2.39. The summed E-state index contributed by atoms with van der Waals surface area (Å²) in [7, 11) is 2.17. The third kappa shape index (κ3) is 9.83. The topological polar surface area (TPSA) is 3.24 Å². The van der Waals surface area contributed by atoms with Crippen molar-refractivity contribution in [3.63, 3.8) is 0 Å². The van der Waals surface area contributed by atoms with Crippen LogP contribution >= 0.6 is 0 Å². The number of anilines is 1. The summed E-state index contributed by atoms with van der Waals surface area (Å²) in [5.41, 5.74) is 13.7. The molecule has 0 fully saturated rings. The van der Waals surface area contributed by atoms with Crippen molar-refractivity contribution in [3.05, 3.63) is 148 Å². The molecule has 2 rings (SSSR count). The molecule has 0 amide bonds. The number of para-hydroxylation sites is 1. The van der Waals surface area contributed by atoms with Crippen molar-refractivity contribution in [3.8, 4) is 0 Å². The molecule has 0 bridgehead atoms. The molecule has 2 unspecified atom stereocenters. The summed E-state index contributed by atoms with van der Waals surface area (Å²) in [6.07, 6.45) is 19.8. The molecule has 2 aromatic rings. The third-order valence-corrected chi connectivity index (χ3v) is 9.28. The van der Waals surface area contributed by atoms with Crippen molar-refractivity contribution >= 4 is 16.8 Å². The molecular formula is C45H61N. The summed E-state index contributed by atoms with van der Waals surface area (Å²) in [5.74, 6) is 1.35. The third-order valence-electron chi connectivity index (χ3n) is 9.28. The van der Waals surface area contributed by atoms with Crippen LogP contribution < -0.4 is 4.90 Å². The van der Waals surface area contributed by atoms with Crippen LogP contribution in [0.25, 0.3) is 11.1 Å². The smallest absolute Gasteiger partial charge is 0.0485 e. The lowest BCUT2D eigenvalue weighted by Gasteiger charge is -2.27. The van der Waals surface area contributed by atoms with Crippen LogP contribution in [0.2, 0.25) is 0 Å². The van der Waals surface area contributed by atoms with Crippen LogP contribution in [-0.2, 0) is 0 Å². The van der Waals surface area contributed by atoms with Gasteiger partial charge in [-0.05, 0) is 123 Å². The Morgan fingerprint density at radius 3 is 2.17 bits per heavy atom. The number of nitrogens with zero attached hydrogens (tertiary/aromatic N) is 1. The van der Waals surface area contributed by atoms with E-state index in [1.807, 2.05) is 0 Å². The molecule has 1 heteroatoms. The minimum absolute atomic E-state index is 0.373. The summed E-state index contributed by atoms with van der Waals surface area (Å²) in [4.78, 5) is 2.31. The van der Waals surface area contributed by atoms with Crippen molar-refractivity contribution in [2.24, 2.45) is 11.8 Å². The van der Waals surface area contributed by atoms with E-state index in [0.717, 1.165) is 35.4 Å².